The van der Waals surface area contributed by atoms with Crippen LogP contribution in [0.25, 0.3) is 0 Å². The fourth-order valence-electron chi connectivity index (χ4n) is 4.29. The van der Waals surface area contributed by atoms with E-state index < -0.39 is 5.97 Å². The van der Waals surface area contributed by atoms with E-state index in [9.17, 15) is 9.90 Å². The van der Waals surface area contributed by atoms with Crippen LogP contribution in [0, 0.1) is 0 Å². The second kappa shape index (κ2) is 6.19. The molecule has 1 aromatic rings. The molecule has 0 radical (unpaired) electrons. The van der Waals surface area contributed by atoms with Crippen LogP contribution in [0.1, 0.15) is 68.1 Å². The zero-order valence-corrected chi connectivity index (χ0v) is 13.1. The van der Waals surface area contributed by atoms with E-state index in [1.165, 1.54) is 63.9 Å². The predicted octanol–water partition coefficient (Wildman–Crippen LogP) is 4.17. The summed E-state index contributed by atoms with van der Waals surface area (Å²) in [6.45, 7) is 1.01. The normalized spacial score (nSPS) is 21.5. The summed E-state index contributed by atoms with van der Waals surface area (Å²) in [5.41, 5.74) is 1.17. The highest BCUT2D eigenvalue weighted by Crippen LogP contribution is 2.43. The van der Waals surface area contributed by atoms with Crippen LogP contribution >= 0.6 is 0 Å². The summed E-state index contributed by atoms with van der Waals surface area (Å²) < 4.78 is 0. The standard InChI is InChI=1S/C18H25NO3/c20-16-13-14(7-8-15(16)17(21)22)19-12-6-11-18(19)9-4-2-1-3-5-10-18/h7-8,13,20H,1-6,9-12H2,(H,21,22). The van der Waals surface area contributed by atoms with Gasteiger partial charge in [-0.1, -0.05) is 32.1 Å². The van der Waals surface area contributed by atoms with Gasteiger partial charge >= 0.3 is 5.97 Å². The fraction of sp³-hybridized carbons (Fsp3) is 0.611. The van der Waals surface area contributed by atoms with Crippen molar-refractivity contribution in [3.63, 3.8) is 0 Å². The van der Waals surface area contributed by atoms with Crippen molar-refractivity contribution in [3.8, 4) is 5.75 Å². The summed E-state index contributed by atoms with van der Waals surface area (Å²) in [5, 5.41) is 19.1. The zero-order chi connectivity index (χ0) is 15.6. The first-order chi connectivity index (χ1) is 10.6. The maximum absolute atomic E-state index is 11.1. The van der Waals surface area contributed by atoms with Crippen LogP contribution in [-0.2, 0) is 0 Å². The van der Waals surface area contributed by atoms with Gasteiger partial charge in [0.2, 0.25) is 0 Å². The van der Waals surface area contributed by atoms with E-state index >= 15 is 0 Å². The molecule has 0 bridgehead atoms. The average Bonchev–Trinajstić information content (AvgIpc) is 2.87. The number of rotatable bonds is 2. The van der Waals surface area contributed by atoms with Crippen LogP contribution in [-0.4, -0.2) is 28.3 Å². The van der Waals surface area contributed by atoms with Crippen LogP contribution < -0.4 is 4.90 Å². The van der Waals surface area contributed by atoms with Gasteiger partial charge in [-0.15, -0.1) is 0 Å². The largest absolute Gasteiger partial charge is 0.507 e. The van der Waals surface area contributed by atoms with Gasteiger partial charge in [-0.2, -0.15) is 0 Å². The fourth-order valence-corrected chi connectivity index (χ4v) is 4.29. The maximum atomic E-state index is 11.1. The number of benzene rings is 1. The van der Waals surface area contributed by atoms with Crippen molar-refractivity contribution in [1.82, 2.24) is 0 Å². The lowest BCUT2D eigenvalue weighted by molar-refractivity contribution is 0.0694. The Hall–Kier alpha value is -1.71. The summed E-state index contributed by atoms with van der Waals surface area (Å²) in [6, 6.07) is 5.02. The van der Waals surface area contributed by atoms with E-state index in [0.29, 0.717) is 0 Å². The van der Waals surface area contributed by atoms with Gasteiger partial charge in [-0.05, 0) is 37.8 Å². The lowest BCUT2D eigenvalue weighted by Gasteiger charge is -2.42. The minimum Gasteiger partial charge on any atom is -0.507 e. The third kappa shape index (κ3) is 2.79. The summed E-state index contributed by atoms with van der Waals surface area (Å²) in [4.78, 5) is 13.5. The molecule has 0 aromatic heterocycles. The second-order valence-electron chi connectivity index (χ2n) is 6.75. The van der Waals surface area contributed by atoms with Gasteiger partial charge in [0.15, 0.2) is 0 Å². The SMILES string of the molecule is O=C(O)c1ccc(N2CCCC23CCCCCCC3)cc1O. The van der Waals surface area contributed by atoms with Crippen molar-refractivity contribution in [3.05, 3.63) is 23.8 Å². The average molecular weight is 303 g/mol. The van der Waals surface area contributed by atoms with E-state index in [2.05, 4.69) is 4.90 Å². The molecule has 2 fully saturated rings. The molecule has 0 atom stereocenters. The van der Waals surface area contributed by atoms with Gasteiger partial charge in [-0.3, -0.25) is 0 Å². The number of nitrogens with zero attached hydrogens (tertiary/aromatic N) is 1. The highest BCUT2D eigenvalue weighted by molar-refractivity contribution is 5.91. The first kappa shape index (κ1) is 15.2. The van der Waals surface area contributed by atoms with Gasteiger partial charge in [-0.25, -0.2) is 4.79 Å². The molecule has 22 heavy (non-hydrogen) atoms. The molecule has 0 amide bonds. The number of phenols is 1. The Morgan fingerprint density at radius 2 is 1.64 bits per heavy atom. The summed E-state index contributed by atoms with van der Waals surface area (Å²) >= 11 is 0. The molecule has 120 valence electrons. The summed E-state index contributed by atoms with van der Waals surface area (Å²) in [5.74, 6) is -1.20. The summed E-state index contributed by atoms with van der Waals surface area (Å²) in [6.07, 6.45) is 11.4. The minimum atomic E-state index is -1.08. The molecule has 1 saturated carbocycles. The van der Waals surface area contributed by atoms with Crippen LogP contribution in [0.4, 0.5) is 5.69 Å². The predicted molar refractivity (Wildman–Crippen MR) is 86.7 cm³/mol. The smallest absolute Gasteiger partial charge is 0.339 e. The number of aromatic hydroxyl groups is 1. The molecular weight excluding hydrogens is 278 g/mol. The number of carboxylic acid groups (broad SMARTS) is 1. The lowest BCUT2D eigenvalue weighted by Crippen LogP contribution is -2.44. The first-order valence-corrected chi connectivity index (χ1v) is 8.46. The van der Waals surface area contributed by atoms with Crippen molar-refractivity contribution in [2.24, 2.45) is 0 Å². The Morgan fingerprint density at radius 3 is 2.27 bits per heavy atom. The van der Waals surface area contributed by atoms with E-state index in [1.807, 2.05) is 6.07 Å². The van der Waals surface area contributed by atoms with Gasteiger partial charge in [0, 0.05) is 23.8 Å². The van der Waals surface area contributed by atoms with Crippen LogP contribution in [0.15, 0.2) is 18.2 Å². The molecule has 0 unspecified atom stereocenters. The molecule has 1 aliphatic heterocycles. The van der Waals surface area contributed by atoms with E-state index in [4.69, 9.17) is 5.11 Å². The van der Waals surface area contributed by atoms with Gasteiger partial charge in [0.05, 0.1) is 0 Å². The van der Waals surface area contributed by atoms with Crippen LogP contribution in [0.3, 0.4) is 0 Å². The first-order valence-electron chi connectivity index (χ1n) is 8.46. The Balaban J connectivity index is 1.88. The number of carbonyl (C=O) groups is 1. The monoisotopic (exact) mass is 303 g/mol. The van der Waals surface area contributed by atoms with Crippen molar-refractivity contribution in [2.75, 3.05) is 11.4 Å². The van der Waals surface area contributed by atoms with Crippen molar-refractivity contribution in [1.29, 1.82) is 0 Å². The van der Waals surface area contributed by atoms with Gasteiger partial charge in [0.25, 0.3) is 0 Å². The molecule has 2 N–H and O–H groups in total. The quantitative estimate of drug-likeness (QED) is 0.860. The molecule has 1 aromatic carbocycles. The molecule has 2 aliphatic rings. The maximum Gasteiger partial charge on any atom is 0.339 e. The van der Waals surface area contributed by atoms with Crippen molar-refractivity contribution < 1.29 is 15.0 Å². The minimum absolute atomic E-state index is 0.0188. The third-order valence-electron chi connectivity index (χ3n) is 5.40. The summed E-state index contributed by atoms with van der Waals surface area (Å²) in [7, 11) is 0. The molecule has 1 heterocycles. The van der Waals surface area contributed by atoms with Crippen LogP contribution in [0.5, 0.6) is 5.75 Å². The van der Waals surface area contributed by atoms with E-state index in [1.54, 1.807) is 6.07 Å². The highest BCUT2D eigenvalue weighted by atomic mass is 16.4. The van der Waals surface area contributed by atoms with Gasteiger partial charge < -0.3 is 15.1 Å². The molecule has 1 saturated heterocycles. The zero-order valence-electron chi connectivity index (χ0n) is 13.1. The van der Waals surface area contributed by atoms with Crippen LogP contribution in [0.2, 0.25) is 0 Å². The lowest BCUT2D eigenvalue weighted by atomic mass is 9.81. The number of hydrogen-bond acceptors (Lipinski definition) is 3. The van der Waals surface area contributed by atoms with E-state index in [0.717, 1.165) is 12.2 Å². The Morgan fingerprint density at radius 1 is 1.00 bits per heavy atom. The van der Waals surface area contributed by atoms with Crippen molar-refractivity contribution >= 4 is 11.7 Å². The molecule has 4 nitrogen and oxygen atoms in total. The van der Waals surface area contributed by atoms with E-state index in [-0.39, 0.29) is 16.9 Å². The molecule has 1 spiro atoms. The number of anilines is 1. The van der Waals surface area contributed by atoms with Crippen molar-refractivity contribution in [2.45, 2.75) is 63.3 Å². The topological polar surface area (TPSA) is 60.8 Å². The Bertz CT molecular complexity index is 547. The molecule has 4 heteroatoms. The highest BCUT2D eigenvalue weighted by Gasteiger charge is 2.40. The molecule has 3 rings (SSSR count). The Kier molecular flexibility index (Phi) is 4.27. The number of carboxylic acids is 1. The van der Waals surface area contributed by atoms with Gasteiger partial charge in [0.1, 0.15) is 11.3 Å². The molecule has 1 aliphatic carbocycles. The number of aromatic carboxylic acids is 1. The number of hydrogen-bond donors (Lipinski definition) is 2. The second-order valence-corrected chi connectivity index (χ2v) is 6.75. The molecular formula is C18H25NO3. The Labute approximate surface area is 131 Å². The third-order valence-corrected chi connectivity index (χ3v) is 5.40.